The lowest BCUT2D eigenvalue weighted by Gasteiger charge is -2.02. The van der Waals surface area contributed by atoms with Crippen LogP contribution < -0.4 is 0 Å². The van der Waals surface area contributed by atoms with Gasteiger partial charge in [0, 0.05) is 21.8 Å². The van der Waals surface area contributed by atoms with E-state index in [1.165, 1.54) is 15.4 Å². The third-order valence-electron chi connectivity index (χ3n) is 2.00. The normalized spacial score (nSPS) is 15.2. The standard InChI is InChI=1S/C11H11NS2/c13-8-9-6-12-7-11(9)14-10-4-2-1-3-5-10/h1-5,7,13H,6,8H2. The van der Waals surface area contributed by atoms with E-state index in [0.717, 1.165) is 12.3 Å². The summed E-state index contributed by atoms with van der Waals surface area (Å²) in [6.45, 7) is 0.818. The first kappa shape index (κ1) is 9.87. The maximum atomic E-state index is 4.29. The fourth-order valence-corrected chi connectivity index (χ4v) is 2.58. The average Bonchev–Trinajstić information content (AvgIpc) is 2.67. The molecule has 0 spiro atoms. The van der Waals surface area contributed by atoms with Gasteiger partial charge in [0.1, 0.15) is 0 Å². The quantitative estimate of drug-likeness (QED) is 0.774. The lowest BCUT2D eigenvalue weighted by molar-refractivity contribution is 1.19. The summed E-state index contributed by atoms with van der Waals surface area (Å²) in [5.74, 6) is 0.801. The van der Waals surface area contributed by atoms with Gasteiger partial charge in [0.25, 0.3) is 0 Å². The Bertz CT molecular complexity index is 368. The highest BCUT2D eigenvalue weighted by Crippen LogP contribution is 2.30. The van der Waals surface area contributed by atoms with Gasteiger partial charge in [0.2, 0.25) is 0 Å². The summed E-state index contributed by atoms with van der Waals surface area (Å²) >= 11 is 6.06. The predicted molar refractivity (Wildman–Crippen MR) is 66.5 cm³/mol. The number of aliphatic imine (C=N–C) groups is 1. The van der Waals surface area contributed by atoms with Gasteiger partial charge in [-0.05, 0) is 17.7 Å². The number of hydrogen-bond donors (Lipinski definition) is 1. The van der Waals surface area contributed by atoms with Crippen molar-refractivity contribution in [2.24, 2.45) is 4.99 Å². The van der Waals surface area contributed by atoms with Gasteiger partial charge >= 0.3 is 0 Å². The molecule has 0 saturated heterocycles. The number of allylic oxidation sites excluding steroid dienone is 1. The van der Waals surface area contributed by atoms with Crippen molar-refractivity contribution in [3.8, 4) is 0 Å². The maximum Gasteiger partial charge on any atom is 0.0622 e. The molecule has 0 aliphatic carbocycles. The molecule has 0 amide bonds. The van der Waals surface area contributed by atoms with Gasteiger partial charge < -0.3 is 0 Å². The van der Waals surface area contributed by atoms with E-state index in [0.29, 0.717) is 0 Å². The van der Waals surface area contributed by atoms with Crippen LogP contribution in [0.5, 0.6) is 0 Å². The summed E-state index contributed by atoms with van der Waals surface area (Å²) in [5.41, 5.74) is 1.32. The Balaban J connectivity index is 2.15. The van der Waals surface area contributed by atoms with Crippen LogP contribution in [0.3, 0.4) is 0 Å². The smallest absolute Gasteiger partial charge is 0.0622 e. The number of benzene rings is 1. The van der Waals surface area contributed by atoms with Gasteiger partial charge in [0.15, 0.2) is 0 Å². The second kappa shape index (κ2) is 4.71. The van der Waals surface area contributed by atoms with Crippen LogP contribution in [0.2, 0.25) is 0 Å². The van der Waals surface area contributed by atoms with E-state index in [9.17, 15) is 0 Å². The molecule has 0 atom stereocenters. The molecule has 1 nitrogen and oxygen atoms in total. The summed E-state index contributed by atoms with van der Waals surface area (Å²) in [5, 5.41) is 0. The Morgan fingerprint density at radius 3 is 2.79 bits per heavy atom. The Labute approximate surface area is 93.7 Å². The Morgan fingerprint density at radius 1 is 1.29 bits per heavy atom. The monoisotopic (exact) mass is 221 g/mol. The van der Waals surface area contributed by atoms with E-state index in [1.54, 1.807) is 11.8 Å². The molecule has 1 aliphatic heterocycles. The molecule has 0 radical (unpaired) electrons. The molecule has 0 N–H and O–H groups in total. The first-order valence-corrected chi connectivity index (χ1v) is 5.90. The van der Waals surface area contributed by atoms with Crippen molar-refractivity contribution in [3.05, 3.63) is 40.8 Å². The van der Waals surface area contributed by atoms with Crippen LogP contribution in [0.4, 0.5) is 0 Å². The zero-order valence-electron chi connectivity index (χ0n) is 7.68. The molecule has 0 bridgehead atoms. The van der Waals surface area contributed by atoms with E-state index < -0.39 is 0 Å². The van der Waals surface area contributed by atoms with Gasteiger partial charge in [0.05, 0.1) is 6.54 Å². The van der Waals surface area contributed by atoms with E-state index in [-0.39, 0.29) is 0 Å². The second-order valence-corrected chi connectivity index (χ2v) is 4.44. The topological polar surface area (TPSA) is 12.4 Å². The van der Waals surface area contributed by atoms with Crippen molar-refractivity contribution >= 4 is 30.6 Å². The molecule has 2 rings (SSSR count). The van der Waals surface area contributed by atoms with Crippen LogP contribution in [0.25, 0.3) is 0 Å². The summed E-state index contributed by atoms with van der Waals surface area (Å²) < 4.78 is 0. The van der Waals surface area contributed by atoms with Crippen LogP contribution in [0, 0.1) is 0 Å². The highest BCUT2D eigenvalue weighted by Gasteiger charge is 2.09. The summed E-state index contributed by atoms with van der Waals surface area (Å²) in [6, 6.07) is 10.4. The molecule has 1 heterocycles. The minimum absolute atomic E-state index is 0.801. The molecule has 1 aromatic rings. The largest absolute Gasteiger partial charge is 0.288 e. The third-order valence-corrected chi connectivity index (χ3v) is 3.50. The number of rotatable bonds is 3. The van der Waals surface area contributed by atoms with Crippen molar-refractivity contribution < 1.29 is 0 Å². The molecule has 1 aliphatic rings. The molecular formula is C11H11NS2. The van der Waals surface area contributed by atoms with Gasteiger partial charge in [-0.3, -0.25) is 4.99 Å². The van der Waals surface area contributed by atoms with Gasteiger partial charge in [-0.1, -0.05) is 30.0 Å². The van der Waals surface area contributed by atoms with Crippen molar-refractivity contribution in [1.82, 2.24) is 0 Å². The van der Waals surface area contributed by atoms with Gasteiger partial charge in [-0.25, -0.2) is 0 Å². The van der Waals surface area contributed by atoms with Crippen LogP contribution in [0.15, 0.2) is 50.7 Å². The SMILES string of the molecule is SCC1=C(Sc2ccccc2)C=NC1. The summed E-state index contributed by atoms with van der Waals surface area (Å²) in [4.78, 5) is 6.76. The molecule has 14 heavy (non-hydrogen) atoms. The number of hydrogen-bond acceptors (Lipinski definition) is 3. The van der Waals surface area contributed by atoms with Crippen molar-refractivity contribution in [2.75, 3.05) is 12.3 Å². The van der Waals surface area contributed by atoms with Crippen LogP contribution >= 0.6 is 24.4 Å². The lowest BCUT2D eigenvalue weighted by atomic mass is 10.3. The lowest BCUT2D eigenvalue weighted by Crippen LogP contribution is -1.88. The molecule has 0 saturated carbocycles. The Kier molecular flexibility index (Phi) is 3.32. The maximum absolute atomic E-state index is 4.29. The number of thiol groups is 1. The first-order chi connectivity index (χ1) is 6.90. The van der Waals surface area contributed by atoms with Crippen molar-refractivity contribution in [2.45, 2.75) is 4.90 Å². The number of nitrogens with zero attached hydrogens (tertiary/aromatic N) is 1. The predicted octanol–water partition coefficient (Wildman–Crippen LogP) is 3.05. The van der Waals surface area contributed by atoms with Crippen molar-refractivity contribution in [1.29, 1.82) is 0 Å². The highest BCUT2D eigenvalue weighted by molar-refractivity contribution is 8.04. The third kappa shape index (κ3) is 2.22. The molecule has 3 heteroatoms. The van der Waals surface area contributed by atoms with E-state index >= 15 is 0 Å². The van der Waals surface area contributed by atoms with E-state index in [2.05, 4.69) is 41.9 Å². The molecule has 72 valence electrons. The minimum Gasteiger partial charge on any atom is -0.288 e. The van der Waals surface area contributed by atoms with Crippen molar-refractivity contribution in [3.63, 3.8) is 0 Å². The van der Waals surface area contributed by atoms with Crippen LogP contribution in [-0.2, 0) is 0 Å². The van der Waals surface area contributed by atoms with Gasteiger partial charge in [-0.15, -0.1) is 0 Å². The fourth-order valence-electron chi connectivity index (χ4n) is 1.25. The zero-order valence-corrected chi connectivity index (χ0v) is 9.39. The molecular weight excluding hydrogens is 210 g/mol. The molecule has 0 unspecified atom stereocenters. The highest BCUT2D eigenvalue weighted by atomic mass is 32.2. The molecule has 0 aromatic heterocycles. The average molecular weight is 221 g/mol. The molecule has 1 aromatic carbocycles. The molecule has 0 fully saturated rings. The Morgan fingerprint density at radius 2 is 2.07 bits per heavy atom. The van der Waals surface area contributed by atoms with E-state index in [4.69, 9.17) is 0 Å². The van der Waals surface area contributed by atoms with Crippen LogP contribution in [-0.4, -0.2) is 18.5 Å². The van der Waals surface area contributed by atoms with Gasteiger partial charge in [-0.2, -0.15) is 12.6 Å². The second-order valence-electron chi connectivity index (χ2n) is 3.01. The summed E-state index contributed by atoms with van der Waals surface area (Å²) in [7, 11) is 0. The van der Waals surface area contributed by atoms with E-state index in [1.807, 2.05) is 12.3 Å². The number of thioether (sulfide) groups is 1. The first-order valence-electron chi connectivity index (χ1n) is 4.46. The summed E-state index contributed by atoms with van der Waals surface area (Å²) in [6.07, 6.45) is 1.95. The minimum atomic E-state index is 0.801. The Hall–Kier alpha value is -0.670. The fraction of sp³-hybridized carbons (Fsp3) is 0.182. The zero-order chi connectivity index (χ0) is 9.80. The van der Waals surface area contributed by atoms with Crippen LogP contribution in [0.1, 0.15) is 0 Å².